The Kier molecular flexibility index (Phi) is 9.18. The number of fused-ring (bicyclic) bond motifs is 9. The number of nitrogens with zero attached hydrogens (tertiary/aromatic N) is 10. The molecule has 0 bridgehead atoms. The van der Waals surface area contributed by atoms with Gasteiger partial charge in [-0.05, 0) is 5.56 Å². The van der Waals surface area contributed by atoms with Crippen LogP contribution in [0.3, 0.4) is 0 Å². The van der Waals surface area contributed by atoms with Crippen LogP contribution in [0, 0.1) is 34.0 Å². The third-order valence-electron chi connectivity index (χ3n) is 8.81. The molecule has 1 unspecified atom stereocenters. The van der Waals surface area contributed by atoms with Gasteiger partial charge in [-0.1, -0.05) is 72.8 Å². The summed E-state index contributed by atoms with van der Waals surface area (Å²) in [5.74, 6) is 0.429. The number of carbonyl (C=O) groups is 2. The van der Waals surface area contributed by atoms with E-state index in [4.69, 9.17) is 25.3 Å². The lowest BCUT2D eigenvalue weighted by molar-refractivity contribution is 0.103. The first kappa shape index (κ1) is 35.5. The number of anilines is 1. The van der Waals surface area contributed by atoms with Crippen LogP contribution in [0.2, 0.25) is 0 Å². The Labute approximate surface area is 313 Å². The molecular weight excluding hydrogens is 701 g/mol. The third-order valence-corrected chi connectivity index (χ3v) is 8.81. The van der Waals surface area contributed by atoms with Gasteiger partial charge in [0.15, 0.2) is 11.5 Å². The number of benzene rings is 3. The molecule has 3 aromatic heterocycles. The molecule has 0 saturated carbocycles. The summed E-state index contributed by atoms with van der Waals surface area (Å²) in [7, 11) is 6.44. The second-order valence-electron chi connectivity index (χ2n) is 12.2. The third kappa shape index (κ3) is 5.91. The summed E-state index contributed by atoms with van der Waals surface area (Å²) in [6.45, 7) is 0. The molecule has 1 N–H and O–H groups in total. The first-order valence-electron chi connectivity index (χ1n) is 16.4. The molecule has 9 rings (SSSR count). The van der Waals surface area contributed by atoms with Crippen molar-refractivity contribution >= 4 is 17.4 Å². The summed E-state index contributed by atoms with van der Waals surface area (Å²) in [6, 6.07) is 27.6. The molecule has 55 heavy (non-hydrogen) atoms. The van der Waals surface area contributed by atoms with Gasteiger partial charge in [0.1, 0.15) is 52.8 Å². The molecule has 3 aliphatic rings. The average Bonchev–Trinajstić information content (AvgIpc) is 3.79. The molecule has 3 aromatic carbocycles. The van der Waals surface area contributed by atoms with Crippen molar-refractivity contribution in [3.8, 4) is 63.7 Å². The van der Waals surface area contributed by atoms with Crippen LogP contribution in [0.25, 0.3) is 33.8 Å². The van der Waals surface area contributed by atoms with Crippen LogP contribution in [-0.2, 0) is 0 Å². The number of nitriles is 3. The summed E-state index contributed by atoms with van der Waals surface area (Å²) < 4.78 is 10.0. The van der Waals surface area contributed by atoms with E-state index in [-0.39, 0.29) is 51.8 Å². The molecule has 6 aromatic rings. The summed E-state index contributed by atoms with van der Waals surface area (Å²) >= 11 is 0. The van der Waals surface area contributed by atoms with E-state index in [2.05, 4.69) is 29.9 Å². The molecule has 15 heteroatoms. The minimum atomic E-state index is -0.832. The fourth-order valence-corrected chi connectivity index (χ4v) is 6.31. The molecule has 0 spiro atoms. The minimum absolute atomic E-state index is 0.0254. The van der Waals surface area contributed by atoms with E-state index in [0.29, 0.717) is 39.7 Å². The minimum Gasteiger partial charge on any atom is -0.479 e. The number of methoxy groups -OCH3 is 2. The first-order valence-corrected chi connectivity index (χ1v) is 16.4. The predicted molar refractivity (Wildman–Crippen MR) is 195 cm³/mol. The lowest BCUT2D eigenvalue weighted by Crippen LogP contribution is -2.15. The number of rotatable bonds is 3. The van der Waals surface area contributed by atoms with E-state index >= 15 is 0 Å². The van der Waals surface area contributed by atoms with Gasteiger partial charge in [0.25, 0.3) is 11.8 Å². The maximum Gasteiger partial charge on any atom is 0.251 e. The van der Waals surface area contributed by atoms with Crippen molar-refractivity contribution in [3.63, 3.8) is 0 Å². The van der Waals surface area contributed by atoms with Crippen molar-refractivity contribution in [2.24, 2.45) is 0 Å². The van der Waals surface area contributed by atoms with Gasteiger partial charge in [-0.25, -0.2) is 29.9 Å². The lowest BCUT2D eigenvalue weighted by atomic mass is 10.1. The molecular formula is C40H26N10O5. The number of hydrogen-bond donors (Lipinski definition) is 1. The Balaban J connectivity index is 0.000000127. The smallest absolute Gasteiger partial charge is 0.251 e. The number of ether oxygens (including phenoxy) is 2. The summed E-state index contributed by atoms with van der Waals surface area (Å²) in [5, 5.41) is 37.2. The summed E-state index contributed by atoms with van der Waals surface area (Å²) in [4.78, 5) is 51.3. The molecule has 0 saturated heterocycles. The second-order valence-corrected chi connectivity index (χ2v) is 12.2. The van der Waals surface area contributed by atoms with Gasteiger partial charge < -0.3 is 19.5 Å². The largest absolute Gasteiger partial charge is 0.479 e. The number of aliphatic hydroxyl groups excluding tert-OH is 1. The van der Waals surface area contributed by atoms with Crippen LogP contribution in [0.5, 0.6) is 11.8 Å². The molecule has 0 aliphatic heterocycles. The Morgan fingerprint density at radius 2 is 1.00 bits per heavy atom. The summed E-state index contributed by atoms with van der Waals surface area (Å²) in [6.07, 6.45) is -0.832. The first-order chi connectivity index (χ1) is 26.6. The Morgan fingerprint density at radius 1 is 0.564 bits per heavy atom. The molecule has 3 heterocycles. The molecule has 0 radical (unpaired) electrons. The normalized spacial score (nSPS) is 13.0. The lowest BCUT2D eigenvalue weighted by Gasteiger charge is -2.13. The average molecular weight is 727 g/mol. The van der Waals surface area contributed by atoms with Crippen molar-refractivity contribution in [1.82, 2.24) is 29.9 Å². The fraction of sp³-hybridized carbons (Fsp3) is 0.125. The molecule has 3 aliphatic carbocycles. The summed E-state index contributed by atoms with van der Waals surface area (Å²) in [5.41, 5.74) is 7.04. The van der Waals surface area contributed by atoms with Gasteiger partial charge in [-0.2, -0.15) is 15.8 Å². The van der Waals surface area contributed by atoms with E-state index < -0.39 is 6.10 Å². The maximum absolute atomic E-state index is 12.2. The highest BCUT2D eigenvalue weighted by atomic mass is 16.5. The van der Waals surface area contributed by atoms with Crippen LogP contribution in [0.4, 0.5) is 5.82 Å². The molecule has 266 valence electrons. The van der Waals surface area contributed by atoms with Crippen molar-refractivity contribution in [1.29, 1.82) is 15.8 Å². The quantitative estimate of drug-likeness (QED) is 0.262. The van der Waals surface area contributed by atoms with Gasteiger partial charge in [0.2, 0.25) is 23.0 Å². The number of aromatic nitrogens is 6. The SMILES string of the molecule is CN(C)c1nc2c(nc1C#N)C(=O)c1ccccc1-2.COc1nc2c(nc1C#N)C(=O)c1ccccc1-2.COc1nc2c(nc1C#N)C(O)c1ccccc1-2. The van der Waals surface area contributed by atoms with E-state index in [1.54, 1.807) is 49.3 Å². The van der Waals surface area contributed by atoms with E-state index in [0.717, 1.165) is 22.3 Å². The van der Waals surface area contributed by atoms with Crippen molar-refractivity contribution < 1.29 is 24.2 Å². The fourth-order valence-electron chi connectivity index (χ4n) is 6.31. The van der Waals surface area contributed by atoms with Crippen molar-refractivity contribution in [2.75, 3.05) is 33.2 Å². The van der Waals surface area contributed by atoms with Crippen LogP contribution in [0.1, 0.15) is 66.5 Å². The Morgan fingerprint density at radius 3 is 1.51 bits per heavy atom. The van der Waals surface area contributed by atoms with Gasteiger partial charge in [-0.3, -0.25) is 9.59 Å². The second kappa shape index (κ2) is 14.2. The van der Waals surface area contributed by atoms with Gasteiger partial charge in [0.05, 0.1) is 19.9 Å². The maximum atomic E-state index is 12.2. The van der Waals surface area contributed by atoms with Crippen LogP contribution in [0.15, 0.2) is 72.8 Å². The molecule has 15 nitrogen and oxygen atoms in total. The standard InChI is InChI=1S/C14H10N4O.C13H9N3O2.C13H7N3O2/c1-18(2)14-10(7-15)16-12-11(17-14)8-5-3-4-6-9(8)13(12)19;2*1-18-13-9(6-14)15-11-10(16-13)7-4-2-3-5-8(7)12(11)17/h3-6H,1-2H3;2-5,12,17H,1H3;2-5H,1H3. The van der Waals surface area contributed by atoms with E-state index in [9.17, 15) is 14.7 Å². The van der Waals surface area contributed by atoms with Gasteiger partial charge in [-0.15, -0.1) is 0 Å². The highest BCUT2D eigenvalue weighted by Crippen LogP contribution is 2.42. The monoisotopic (exact) mass is 726 g/mol. The molecule has 0 fully saturated rings. The zero-order valence-corrected chi connectivity index (χ0v) is 29.6. The van der Waals surface area contributed by atoms with Crippen molar-refractivity contribution in [3.05, 3.63) is 124 Å². The zero-order chi connectivity index (χ0) is 39.0. The number of ketones is 2. The highest BCUT2D eigenvalue weighted by molar-refractivity contribution is 6.20. The van der Waals surface area contributed by atoms with Gasteiger partial charge >= 0.3 is 0 Å². The van der Waals surface area contributed by atoms with Crippen LogP contribution >= 0.6 is 0 Å². The topological polar surface area (TPSA) is 225 Å². The van der Waals surface area contributed by atoms with Crippen molar-refractivity contribution in [2.45, 2.75) is 6.10 Å². The number of hydrogen-bond acceptors (Lipinski definition) is 15. The van der Waals surface area contributed by atoms with Crippen LogP contribution in [-0.4, -0.2) is 74.9 Å². The zero-order valence-electron chi connectivity index (χ0n) is 29.6. The van der Waals surface area contributed by atoms with Gasteiger partial charge in [0, 0.05) is 41.9 Å². The van der Waals surface area contributed by atoms with Crippen LogP contribution < -0.4 is 14.4 Å². The molecule has 0 amide bonds. The van der Waals surface area contributed by atoms with E-state index in [1.165, 1.54) is 14.2 Å². The number of aliphatic hydroxyl groups is 1. The predicted octanol–water partition coefficient (Wildman–Crippen LogP) is 4.61. The number of carbonyl (C=O) groups excluding carboxylic acids is 2. The Bertz CT molecular complexity index is 2730. The Hall–Kier alpha value is -7.93. The highest BCUT2D eigenvalue weighted by Gasteiger charge is 2.33. The van der Waals surface area contributed by atoms with E-state index in [1.807, 2.05) is 60.7 Å². The molecule has 1 atom stereocenters.